The minimum atomic E-state index is -0.579. The van der Waals surface area contributed by atoms with Crippen molar-refractivity contribution in [3.05, 3.63) is 53.6 Å². The molecule has 134 valence electrons. The molecule has 0 fully saturated rings. The number of hydrogen-bond donors (Lipinski definition) is 1. The highest BCUT2D eigenvalue weighted by Gasteiger charge is 2.18. The Balaban J connectivity index is 1.80. The Bertz CT molecular complexity index is 693. The van der Waals surface area contributed by atoms with Crippen molar-refractivity contribution in [2.45, 2.75) is 19.4 Å². The molecule has 1 N–H and O–H groups in total. The van der Waals surface area contributed by atoms with E-state index in [1.807, 2.05) is 31.2 Å². The van der Waals surface area contributed by atoms with Crippen LogP contribution >= 0.6 is 11.6 Å². The number of carbonyl (C=O) groups is 1. The Morgan fingerprint density at radius 3 is 2.60 bits per heavy atom. The van der Waals surface area contributed by atoms with Gasteiger partial charge < -0.3 is 19.5 Å². The molecule has 1 unspecified atom stereocenters. The largest absolute Gasteiger partial charge is 0.493 e. The van der Waals surface area contributed by atoms with Crippen LogP contribution in [0.5, 0.6) is 17.2 Å². The summed E-state index contributed by atoms with van der Waals surface area (Å²) in [5.41, 5.74) is 0. The predicted molar refractivity (Wildman–Crippen MR) is 97.7 cm³/mol. The van der Waals surface area contributed by atoms with E-state index in [4.69, 9.17) is 25.8 Å². The van der Waals surface area contributed by atoms with Gasteiger partial charge in [-0.05, 0) is 36.8 Å². The standard InChI is InChI=1S/C19H22ClNO4/c1-3-16(25-15-8-6-7-14(20)13-15)19(22)21-11-12-24-18-10-5-4-9-17(18)23-2/h4-10,13,16H,3,11-12H2,1-2H3,(H,21,22). The Labute approximate surface area is 152 Å². The quantitative estimate of drug-likeness (QED) is 0.690. The molecule has 0 saturated carbocycles. The van der Waals surface area contributed by atoms with Crippen molar-refractivity contribution in [1.29, 1.82) is 0 Å². The van der Waals surface area contributed by atoms with E-state index >= 15 is 0 Å². The molecular weight excluding hydrogens is 342 g/mol. The maximum Gasteiger partial charge on any atom is 0.261 e. The van der Waals surface area contributed by atoms with Crippen LogP contribution in [0, 0.1) is 0 Å². The SMILES string of the molecule is CCC(Oc1cccc(Cl)c1)C(=O)NCCOc1ccccc1OC. The molecule has 0 saturated heterocycles. The van der Waals surface area contributed by atoms with Crippen molar-refractivity contribution in [2.75, 3.05) is 20.3 Å². The second-order valence-electron chi connectivity index (χ2n) is 5.26. The molecule has 2 aromatic rings. The molecule has 0 heterocycles. The van der Waals surface area contributed by atoms with Crippen molar-refractivity contribution >= 4 is 17.5 Å². The Hall–Kier alpha value is -2.40. The number of halogens is 1. The summed E-state index contributed by atoms with van der Waals surface area (Å²) in [6, 6.07) is 14.4. The summed E-state index contributed by atoms with van der Waals surface area (Å²) in [4.78, 5) is 12.2. The van der Waals surface area contributed by atoms with Crippen LogP contribution in [0.4, 0.5) is 0 Å². The van der Waals surface area contributed by atoms with Crippen molar-refractivity contribution in [1.82, 2.24) is 5.32 Å². The van der Waals surface area contributed by atoms with Crippen LogP contribution in [0.1, 0.15) is 13.3 Å². The predicted octanol–water partition coefficient (Wildman–Crippen LogP) is 3.70. The Morgan fingerprint density at radius 2 is 1.92 bits per heavy atom. The van der Waals surface area contributed by atoms with Gasteiger partial charge >= 0.3 is 0 Å². The summed E-state index contributed by atoms with van der Waals surface area (Å²) in [7, 11) is 1.59. The first kappa shape index (κ1) is 18.9. The molecule has 0 aliphatic heterocycles. The van der Waals surface area contributed by atoms with E-state index in [1.165, 1.54) is 0 Å². The number of amides is 1. The fourth-order valence-corrected chi connectivity index (χ4v) is 2.39. The zero-order chi connectivity index (χ0) is 18.1. The Morgan fingerprint density at radius 1 is 1.16 bits per heavy atom. The number of benzene rings is 2. The van der Waals surface area contributed by atoms with Gasteiger partial charge in [-0.15, -0.1) is 0 Å². The third-order valence-electron chi connectivity index (χ3n) is 3.47. The smallest absolute Gasteiger partial charge is 0.261 e. The fraction of sp³-hybridized carbons (Fsp3) is 0.316. The Kier molecular flexibility index (Phi) is 7.41. The van der Waals surface area contributed by atoms with Gasteiger partial charge in [0.1, 0.15) is 12.4 Å². The van der Waals surface area contributed by atoms with Gasteiger partial charge in [-0.25, -0.2) is 0 Å². The van der Waals surface area contributed by atoms with E-state index in [-0.39, 0.29) is 5.91 Å². The zero-order valence-corrected chi connectivity index (χ0v) is 15.1. The van der Waals surface area contributed by atoms with Gasteiger partial charge in [0.05, 0.1) is 13.7 Å². The van der Waals surface area contributed by atoms with Gasteiger partial charge in [-0.3, -0.25) is 4.79 Å². The number of ether oxygens (including phenoxy) is 3. The normalized spacial score (nSPS) is 11.5. The summed E-state index contributed by atoms with van der Waals surface area (Å²) < 4.78 is 16.5. The molecule has 5 nitrogen and oxygen atoms in total. The van der Waals surface area contributed by atoms with E-state index < -0.39 is 6.10 Å². The lowest BCUT2D eigenvalue weighted by molar-refractivity contribution is -0.128. The van der Waals surface area contributed by atoms with Crippen LogP contribution in [0.25, 0.3) is 0 Å². The summed E-state index contributed by atoms with van der Waals surface area (Å²) in [5, 5.41) is 3.38. The summed E-state index contributed by atoms with van der Waals surface area (Å²) in [6.07, 6.45) is -0.0316. The van der Waals surface area contributed by atoms with Gasteiger partial charge in [0, 0.05) is 5.02 Å². The number of rotatable bonds is 9. The minimum absolute atomic E-state index is 0.189. The maximum atomic E-state index is 12.2. The lowest BCUT2D eigenvalue weighted by Crippen LogP contribution is -2.39. The van der Waals surface area contributed by atoms with E-state index in [2.05, 4.69) is 5.32 Å². The summed E-state index contributed by atoms with van der Waals surface area (Å²) in [6.45, 7) is 2.59. The van der Waals surface area contributed by atoms with Crippen molar-refractivity contribution in [3.8, 4) is 17.2 Å². The number of nitrogens with one attached hydrogen (secondary N) is 1. The van der Waals surface area contributed by atoms with Crippen LogP contribution in [-0.4, -0.2) is 32.3 Å². The van der Waals surface area contributed by atoms with Crippen molar-refractivity contribution in [3.63, 3.8) is 0 Å². The number of para-hydroxylation sites is 2. The van der Waals surface area contributed by atoms with Crippen LogP contribution in [0.3, 0.4) is 0 Å². The molecule has 0 aromatic heterocycles. The van der Waals surface area contributed by atoms with Crippen LogP contribution < -0.4 is 19.5 Å². The van der Waals surface area contributed by atoms with Gasteiger partial charge in [0.2, 0.25) is 0 Å². The van der Waals surface area contributed by atoms with E-state index in [0.29, 0.717) is 41.8 Å². The summed E-state index contributed by atoms with van der Waals surface area (Å²) in [5.74, 6) is 1.68. The molecule has 0 radical (unpaired) electrons. The van der Waals surface area contributed by atoms with Gasteiger partial charge in [0.25, 0.3) is 5.91 Å². The lowest BCUT2D eigenvalue weighted by Gasteiger charge is -2.17. The average molecular weight is 364 g/mol. The number of methoxy groups -OCH3 is 1. The molecule has 0 aliphatic rings. The van der Waals surface area contributed by atoms with Crippen LogP contribution in [0.2, 0.25) is 5.02 Å². The third-order valence-corrected chi connectivity index (χ3v) is 3.70. The van der Waals surface area contributed by atoms with E-state index in [9.17, 15) is 4.79 Å². The zero-order valence-electron chi connectivity index (χ0n) is 14.3. The van der Waals surface area contributed by atoms with Crippen molar-refractivity contribution < 1.29 is 19.0 Å². The van der Waals surface area contributed by atoms with Gasteiger partial charge in [0.15, 0.2) is 17.6 Å². The van der Waals surface area contributed by atoms with Gasteiger partial charge in [-0.1, -0.05) is 36.7 Å². The number of carbonyl (C=O) groups excluding carboxylic acids is 1. The first-order valence-electron chi connectivity index (χ1n) is 8.09. The molecule has 2 rings (SSSR count). The molecule has 0 bridgehead atoms. The highest BCUT2D eigenvalue weighted by Crippen LogP contribution is 2.25. The van der Waals surface area contributed by atoms with Crippen LogP contribution in [-0.2, 0) is 4.79 Å². The first-order chi connectivity index (χ1) is 12.1. The minimum Gasteiger partial charge on any atom is -0.493 e. The highest BCUT2D eigenvalue weighted by atomic mass is 35.5. The second-order valence-corrected chi connectivity index (χ2v) is 5.70. The molecule has 1 atom stereocenters. The molecule has 6 heteroatoms. The van der Waals surface area contributed by atoms with E-state index in [1.54, 1.807) is 31.4 Å². The molecule has 1 amide bonds. The average Bonchev–Trinajstić information content (AvgIpc) is 2.63. The lowest BCUT2D eigenvalue weighted by atomic mass is 10.2. The van der Waals surface area contributed by atoms with Crippen LogP contribution in [0.15, 0.2) is 48.5 Å². The van der Waals surface area contributed by atoms with Crippen molar-refractivity contribution in [2.24, 2.45) is 0 Å². The number of hydrogen-bond acceptors (Lipinski definition) is 4. The maximum absolute atomic E-state index is 12.2. The topological polar surface area (TPSA) is 56.8 Å². The fourth-order valence-electron chi connectivity index (χ4n) is 2.21. The molecule has 0 spiro atoms. The molecule has 25 heavy (non-hydrogen) atoms. The molecular formula is C19H22ClNO4. The van der Waals surface area contributed by atoms with E-state index in [0.717, 1.165) is 0 Å². The monoisotopic (exact) mass is 363 g/mol. The molecule has 0 aliphatic carbocycles. The second kappa shape index (κ2) is 9.79. The summed E-state index contributed by atoms with van der Waals surface area (Å²) >= 11 is 5.93. The van der Waals surface area contributed by atoms with Gasteiger partial charge in [-0.2, -0.15) is 0 Å². The third kappa shape index (κ3) is 5.87. The highest BCUT2D eigenvalue weighted by molar-refractivity contribution is 6.30. The first-order valence-corrected chi connectivity index (χ1v) is 8.47. The molecule has 2 aromatic carbocycles.